The van der Waals surface area contributed by atoms with Crippen molar-refractivity contribution in [1.82, 2.24) is 0 Å². The molecule has 16 heavy (non-hydrogen) atoms. The lowest BCUT2D eigenvalue weighted by molar-refractivity contribution is -0.107. The summed E-state index contributed by atoms with van der Waals surface area (Å²) in [5.41, 5.74) is 0.981. The van der Waals surface area contributed by atoms with E-state index < -0.39 is 0 Å². The Morgan fingerprint density at radius 2 is 2.00 bits per heavy atom. The van der Waals surface area contributed by atoms with Crippen LogP contribution in [0.25, 0.3) is 10.8 Å². The summed E-state index contributed by atoms with van der Waals surface area (Å²) in [7, 11) is 0. The largest absolute Gasteiger partial charge is 0.494 e. The van der Waals surface area contributed by atoms with Crippen LogP contribution >= 0.6 is 0 Å². The predicted molar refractivity (Wildman–Crippen MR) is 64.9 cm³/mol. The van der Waals surface area contributed by atoms with Crippen LogP contribution in [0.4, 0.5) is 0 Å². The first kappa shape index (κ1) is 10.7. The first-order valence-electron chi connectivity index (χ1n) is 5.44. The van der Waals surface area contributed by atoms with Crippen molar-refractivity contribution in [2.24, 2.45) is 0 Å². The molecule has 0 N–H and O–H groups in total. The zero-order chi connectivity index (χ0) is 11.4. The minimum Gasteiger partial charge on any atom is -0.494 e. The minimum atomic E-state index is 0.399. The van der Waals surface area contributed by atoms with E-state index in [-0.39, 0.29) is 0 Å². The Kier molecular flexibility index (Phi) is 3.20. The van der Waals surface area contributed by atoms with E-state index in [9.17, 15) is 4.79 Å². The maximum absolute atomic E-state index is 10.7. The van der Waals surface area contributed by atoms with Gasteiger partial charge in [-0.05, 0) is 23.8 Å². The van der Waals surface area contributed by atoms with Crippen molar-refractivity contribution in [3.8, 4) is 5.75 Å². The standard InChI is InChI=1S/C14H14O2/c1-2-16-14-8-7-11-5-3-4-6-12(11)13(14)9-10-15/h3-8,10H,2,9H2,1H3. The molecule has 2 aromatic carbocycles. The van der Waals surface area contributed by atoms with Crippen molar-refractivity contribution >= 4 is 17.1 Å². The summed E-state index contributed by atoms with van der Waals surface area (Å²) in [5, 5.41) is 2.24. The van der Waals surface area contributed by atoms with E-state index in [0.717, 1.165) is 28.4 Å². The highest BCUT2D eigenvalue weighted by molar-refractivity contribution is 5.89. The molecule has 2 nitrogen and oxygen atoms in total. The molecule has 2 heteroatoms. The van der Waals surface area contributed by atoms with Gasteiger partial charge in [-0.1, -0.05) is 30.3 Å². The topological polar surface area (TPSA) is 26.3 Å². The van der Waals surface area contributed by atoms with E-state index in [4.69, 9.17) is 4.74 Å². The first-order valence-corrected chi connectivity index (χ1v) is 5.44. The number of carbonyl (C=O) groups excluding carboxylic acids is 1. The van der Waals surface area contributed by atoms with Gasteiger partial charge >= 0.3 is 0 Å². The Bertz CT molecular complexity index is 503. The number of rotatable bonds is 4. The van der Waals surface area contributed by atoms with E-state index in [2.05, 4.69) is 0 Å². The molecule has 2 aromatic rings. The van der Waals surface area contributed by atoms with Crippen LogP contribution in [-0.4, -0.2) is 12.9 Å². The molecule has 0 aliphatic carbocycles. The van der Waals surface area contributed by atoms with Crippen LogP contribution in [0, 0.1) is 0 Å². The van der Waals surface area contributed by atoms with Crippen molar-refractivity contribution in [3.63, 3.8) is 0 Å². The van der Waals surface area contributed by atoms with Crippen molar-refractivity contribution in [2.75, 3.05) is 6.61 Å². The molecule has 0 aromatic heterocycles. The molecule has 0 radical (unpaired) electrons. The fourth-order valence-electron chi connectivity index (χ4n) is 1.90. The molecule has 0 spiro atoms. The summed E-state index contributed by atoms with van der Waals surface area (Å²) in [6.45, 7) is 2.56. The maximum Gasteiger partial charge on any atom is 0.124 e. The van der Waals surface area contributed by atoms with Gasteiger partial charge in [0.05, 0.1) is 6.61 Å². The van der Waals surface area contributed by atoms with Crippen LogP contribution in [0.2, 0.25) is 0 Å². The fraction of sp³-hybridized carbons (Fsp3) is 0.214. The third-order valence-electron chi connectivity index (χ3n) is 2.58. The lowest BCUT2D eigenvalue weighted by atomic mass is 10.0. The number of hydrogen-bond donors (Lipinski definition) is 0. The van der Waals surface area contributed by atoms with Gasteiger partial charge in [0.25, 0.3) is 0 Å². The van der Waals surface area contributed by atoms with Crippen molar-refractivity contribution < 1.29 is 9.53 Å². The Labute approximate surface area is 94.8 Å². The van der Waals surface area contributed by atoms with E-state index in [1.165, 1.54) is 0 Å². The summed E-state index contributed by atoms with van der Waals surface area (Å²) in [5.74, 6) is 0.813. The molecule has 0 atom stereocenters. The van der Waals surface area contributed by atoms with Crippen molar-refractivity contribution in [3.05, 3.63) is 42.0 Å². The van der Waals surface area contributed by atoms with E-state index in [1.807, 2.05) is 43.3 Å². The highest BCUT2D eigenvalue weighted by Crippen LogP contribution is 2.28. The van der Waals surface area contributed by atoms with Gasteiger partial charge in [0.15, 0.2) is 0 Å². The number of carbonyl (C=O) groups is 1. The maximum atomic E-state index is 10.7. The molecule has 82 valence electrons. The second-order valence-corrected chi connectivity index (χ2v) is 3.57. The number of fused-ring (bicyclic) bond motifs is 1. The summed E-state index contributed by atoms with van der Waals surface area (Å²) in [6.07, 6.45) is 1.32. The number of benzene rings is 2. The van der Waals surface area contributed by atoms with Gasteiger partial charge in [-0.3, -0.25) is 0 Å². The van der Waals surface area contributed by atoms with Crippen LogP contribution in [0.3, 0.4) is 0 Å². The first-order chi connectivity index (χ1) is 7.86. The van der Waals surface area contributed by atoms with Gasteiger partial charge in [0.2, 0.25) is 0 Å². The van der Waals surface area contributed by atoms with Gasteiger partial charge in [0.1, 0.15) is 12.0 Å². The second kappa shape index (κ2) is 4.79. The van der Waals surface area contributed by atoms with Gasteiger partial charge < -0.3 is 9.53 Å². The van der Waals surface area contributed by atoms with Crippen LogP contribution in [0.1, 0.15) is 12.5 Å². The zero-order valence-corrected chi connectivity index (χ0v) is 9.27. The molecular weight excluding hydrogens is 200 g/mol. The molecule has 0 aliphatic rings. The zero-order valence-electron chi connectivity index (χ0n) is 9.27. The van der Waals surface area contributed by atoms with Crippen LogP contribution in [-0.2, 0) is 11.2 Å². The normalized spacial score (nSPS) is 10.3. The highest BCUT2D eigenvalue weighted by atomic mass is 16.5. The smallest absolute Gasteiger partial charge is 0.124 e. The van der Waals surface area contributed by atoms with Crippen molar-refractivity contribution in [2.45, 2.75) is 13.3 Å². The molecule has 0 bridgehead atoms. The summed E-state index contributed by atoms with van der Waals surface area (Å²) < 4.78 is 5.54. The monoisotopic (exact) mass is 214 g/mol. The van der Waals surface area contributed by atoms with Gasteiger partial charge in [-0.25, -0.2) is 0 Å². The molecule has 0 aliphatic heterocycles. The van der Waals surface area contributed by atoms with E-state index in [0.29, 0.717) is 13.0 Å². The number of aldehydes is 1. The van der Waals surface area contributed by atoms with Crippen LogP contribution in [0.5, 0.6) is 5.75 Å². The molecular formula is C14H14O2. The Balaban J connectivity index is 2.63. The highest BCUT2D eigenvalue weighted by Gasteiger charge is 2.07. The summed E-state index contributed by atoms with van der Waals surface area (Å²) >= 11 is 0. The predicted octanol–water partition coefficient (Wildman–Crippen LogP) is 2.98. The van der Waals surface area contributed by atoms with Crippen LogP contribution in [0.15, 0.2) is 36.4 Å². The van der Waals surface area contributed by atoms with Gasteiger partial charge in [-0.2, -0.15) is 0 Å². The lowest BCUT2D eigenvalue weighted by Crippen LogP contribution is -1.98. The Morgan fingerprint density at radius 3 is 2.75 bits per heavy atom. The summed E-state index contributed by atoms with van der Waals surface area (Å²) in [4.78, 5) is 10.7. The van der Waals surface area contributed by atoms with Gasteiger partial charge in [-0.15, -0.1) is 0 Å². The van der Waals surface area contributed by atoms with Gasteiger partial charge in [0, 0.05) is 12.0 Å². The molecule has 0 unspecified atom stereocenters. The molecule has 0 amide bonds. The fourth-order valence-corrected chi connectivity index (χ4v) is 1.90. The molecule has 0 heterocycles. The molecule has 2 rings (SSSR count). The Hall–Kier alpha value is -1.83. The lowest BCUT2D eigenvalue weighted by Gasteiger charge is -2.11. The number of ether oxygens (including phenoxy) is 1. The number of hydrogen-bond acceptors (Lipinski definition) is 2. The third-order valence-corrected chi connectivity index (χ3v) is 2.58. The minimum absolute atomic E-state index is 0.399. The molecule has 0 fully saturated rings. The second-order valence-electron chi connectivity index (χ2n) is 3.57. The molecule has 0 saturated carbocycles. The van der Waals surface area contributed by atoms with Crippen molar-refractivity contribution in [1.29, 1.82) is 0 Å². The van der Waals surface area contributed by atoms with E-state index >= 15 is 0 Å². The van der Waals surface area contributed by atoms with Crippen LogP contribution < -0.4 is 4.74 Å². The average molecular weight is 214 g/mol. The quantitative estimate of drug-likeness (QED) is 0.731. The molecule has 0 saturated heterocycles. The average Bonchev–Trinajstić information content (AvgIpc) is 2.32. The summed E-state index contributed by atoms with van der Waals surface area (Å²) in [6, 6.07) is 12.0. The third kappa shape index (κ3) is 1.91. The Morgan fingerprint density at radius 1 is 1.19 bits per heavy atom. The van der Waals surface area contributed by atoms with E-state index in [1.54, 1.807) is 0 Å². The SMILES string of the molecule is CCOc1ccc2ccccc2c1CC=O.